The Balaban J connectivity index is 1.69. The van der Waals surface area contributed by atoms with Crippen LogP contribution in [0.25, 0.3) is 0 Å². The number of rotatable bonds is 3. The number of nitrogens with zero attached hydrogens (tertiary/aromatic N) is 2. The van der Waals surface area contributed by atoms with Gasteiger partial charge in [0.05, 0.1) is 6.61 Å². The molecule has 2 heterocycles. The molecule has 2 aliphatic rings. The van der Waals surface area contributed by atoms with Gasteiger partial charge in [-0.3, -0.25) is 4.90 Å². The van der Waals surface area contributed by atoms with E-state index in [4.69, 9.17) is 9.84 Å². The van der Waals surface area contributed by atoms with E-state index in [9.17, 15) is 4.79 Å². The van der Waals surface area contributed by atoms with Gasteiger partial charge in [-0.2, -0.15) is 0 Å². The third-order valence-corrected chi connectivity index (χ3v) is 4.33. The van der Waals surface area contributed by atoms with Crippen molar-refractivity contribution in [1.29, 1.82) is 0 Å². The fraction of sp³-hybridized carbons (Fsp3) is 0.562. The number of hydrogen-bond donors (Lipinski definition) is 1. The minimum atomic E-state index is -0.869. The number of carbonyl (C=O) groups is 1. The molecule has 0 radical (unpaired) electrons. The van der Waals surface area contributed by atoms with E-state index in [0.29, 0.717) is 13.2 Å². The van der Waals surface area contributed by atoms with Crippen LogP contribution in [-0.4, -0.2) is 55.4 Å². The smallest absolute Gasteiger partial charge is 0.334 e. The summed E-state index contributed by atoms with van der Waals surface area (Å²) in [6.45, 7) is 3.66. The lowest BCUT2D eigenvalue weighted by Crippen LogP contribution is -2.45. The van der Waals surface area contributed by atoms with E-state index in [2.05, 4.69) is 35.0 Å². The Hall–Kier alpha value is -1.59. The topological polar surface area (TPSA) is 53.0 Å². The maximum absolute atomic E-state index is 11.0. The molecule has 1 N–H and O–H groups in total. The van der Waals surface area contributed by atoms with E-state index in [1.54, 1.807) is 0 Å². The molecule has 0 aliphatic carbocycles. The second-order valence-corrected chi connectivity index (χ2v) is 5.92. The van der Waals surface area contributed by atoms with Crippen molar-refractivity contribution in [1.82, 2.24) is 4.90 Å². The molecule has 0 bridgehead atoms. The van der Waals surface area contributed by atoms with Gasteiger partial charge in [0.25, 0.3) is 0 Å². The minimum Gasteiger partial charge on any atom is -0.479 e. The molecule has 0 saturated carbocycles. The van der Waals surface area contributed by atoms with Gasteiger partial charge in [0.1, 0.15) is 0 Å². The summed E-state index contributed by atoms with van der Waals surface area (Å²) in [7, 11) is 2.14. The van der Waals surface area contributed by atoms with Gasteiger partial charge in [-0.05, 0) is 30.0 Å². The molecule has 5 nitrogen and oxygen atoms in total. The highest BCUT2D eigenvalue weighted by molar-refractivity contribution is 5.72. The standard InChI is InChI=1S/C16H22N2O3/c1-17-6-2-3-13-9-12(4-5-14(13)17)10-18-7-8-21-15(11-18)16(19)20/h4-5,9,15H,2-3,6-8,10-11H2,1H3,(H,19,20). The monoisotopic (exact) mass is 290 g/mol. The fourth-order valence-electron chi connectivity index (χ4n) is 3.19. The van der Waals surface area contributed by atoms with Crippen LogP contribution in [0.15, 0.2) is 18.2 Å². The third kappa shape index (κ3) is 3.19. The number of ether oxygens (including phenoxy) is 1. The maximum Gasteiger partial charge on any atom is 0.334 e. The second kappa shape index (κ2) is 6.03. The van der Waals surface area contributed by atoms with Gasteiger partial charge in [0, 0.05) is 38.9 Å². The van der Waals surface area contributed by atoms with Crippen LogP contribution in [0.4, 0.5) is 5.69 Å². The number of anilines is 1. The molecule has 0 amide bonds. The number of hydrogen-bond acceptors (Lipinski definition) is 4. The number of morpholine rings is 1. The Morgan fingerprint density at radius 3 is 3.10 bits per heavy atom. The first kappa shape index (κ1) is 14.4. The molecule has 114 valence electrons. The summed E-state index contributed by atoms with van der Waals surface area (Å²) >= 11 is 0. The Labute approximate surface area is 125 Å². The quantitative estimate of drug-likeness (QED) is 0.911. The molecule has 0 spiro atoms. The second-order valence-electron chi connectivity index (χ2n) is 5.92. The lowest BCUT2D eigenvalue weighted by atomic mass is 9.99. The molecule has 1 unspecified atom stereocenters. The van der Waals surface area contributed by atoms with Gasteiger partial charge in [0.2, 0.25) is 0 Å². The average Bonchev–Trinajstić information content (AvgIpc) is 2.47. The van der Waals surface area contributed by atoms with Crippen molar-refractivity contribution < 1.29 is 14.6 Å². The lowest BCUT2D eigenvalue weighted by Gasteiger charge is -2.32. The lowest BCUT2D eigenvalue weighted by molar-refractivity contribution is -0.156. The molecule has 0 aromatic heterocycles. The molecule has 5 heteroatoms. The minimum absolute atomic E-state index is 0.465. The van der Waals surface area contributed by atoms with Gasteiger partial charge in [-0.15, -0.1) is 0 Å². The van der Waals surface area contributed by atoms with Crippen LogP contribution in [0.2, 0.25) is 0 Å². The van der Waals surface area contributed by atoms with Gasteiger partial charge in [-0.25, -0.2) is 4.79 Å². The zero-order valence-electron chi connectivity index (χ0n) is 12.4. The van der Waals surface area contributed by atoms with E-state index in [1.807, 2.05) is 0 Å². The van der Waals surface area contributed by atoms with Crippen LogP contribution in [0.5, 0.6) is 0 Å². The number of aliphatic carboxylic acids is 1. The van der Waals surface area contributed by atoms with Crippen molar-refractivity contribution in [3.05, 3.63) is 29.3 Å². The van der Waals surface area contributed by atoms with Crippen molar-refractivity contribution >= 4 is 11.7 Å². The molecule has 3 rings (SSSR count). The number of fused-ring (bicyclic) bond motifs is 1. The van der Waals surface area contributed by atoms with Crippen LogP contribution in [0.1, 0.15) is 17.5 Å². The summed E-state index contributed by atoms with van der Waals surface area (Å²) in [5.74, 6) is -0.869. The molecular formula is C16H22N2O3. The van der Waals surface area contributed by atoms with E-state index in [-0.39, 0.29) is 0 Å². The van der Waals surface area contributed by atoms with E-state index < -0.39 is 12.1 Å². The third-order valence-electron chi connectivity index (χ3n) is 4.33. The van der Waals surface area contributed by atoms with E-state index >= 15 is 0 Å². The van der Waals surface area contributed by atoms with E-state index in [1.165, 1.54) is 23.2 Å². The first-order valence-corrected chi connectivity index (χ1v) is 7.53. The Morgan fingerprint density at radius 2 is 2.29 bits per heavy atom. The maximum atomic E-state index is 11.0. The summed E-state index contributed by atoms with van der Waals surface area (Å²) in [5.41, 5.74) is 4.00. The molecule has 21 heavy (non-hydrogen) atoms. The Kier molecular flexibility index (Phi) is 4.12. The van der Waals surface area contributed by atoms with Gasteiger partial charge < -0.3 is 14.7 Å². The SMILES string of the molecule is CN1CCCc2cc(CN3CCOC(C(=O)O)C3)ccc21. The highest BCUT2D eigenvalue weighted by Gasteiger charge is 2.26. The summed E-state index contributed by atoms with van der Waals surface area (Å²) in [4.78, 5) is 15.5. The molecule has 1 aromatic rings. The first-order valence-electron chi connectivity index (χ1n) is 7.53. The largest absolute Gasteiger partial charge is 0.479 e. The highest BCUT2D eigenvalue weighted by atomic mass is 16.5. The number of carboxylic acid groups (broad SMARTS) is 1. The number of benzene rings is 1. The average molecular weight is 290 g/mol. The van der Waals surface area contributed by atoms with Gasteiger partial charge >= 0.3 is 5.97 Å². The molecule has 1 saturated heterocycles. The molecule has 1 aromatic carbocycles. The van der Waals surface area contributed by atoms with Crippen molar-refractivity contribution in [2.75, 3.05) is 38.2 Å². The Bertz CT molecular complexity index is 532. The zero-order chi connectivity index (χ0) is 14.8. The summed E-state index contributed by atoms with van der Waals surface area (Å²) in [6.07, 6.45) is 1.64. The molecule has 2 aliphatic heterocycles. The first-order chi connectivity index (χ1) is 10.1. The normalized spacial score (nSPS) is 22.9. The predicted molar refractivity (Wildman–Crippen MR) is 80.7 cm³/mol. The summed E-state index contributed by atoms with van der Waals surface area (Å²) in [5, 5.41) is 9.05. The van der Waals surface area contributed by atoms with Crippen molar-refractivity contribution in [2.24, 2.45) is 0 Å². The predicted octanol–water partition coefficient (Wildman–Crippen LogP) is 1.35. The molecule has 1 fully saturated rings. The van der Waals surface area contributed by atoms with Crippen LogP contribution in [0.3, 0.4) is 0 Å². The highest BCUT2D eigenvalue weighted by Crippen LogP contribution is 2.27. The van der Waals surface area contributed by atoms with Crippen molar-refractivity contribution in [2.45, 2.75) is 25.5 Å². The van der Waals surface area contributed by atoms with Gasteiger partial charge in [-0.1, -0.05) is 12.1 Å². The fourth-order valence-corrected chi connectivity index (χ4v) is 3.19. The Morgan fingerprint density at radius 1 is 1.43 bits per heavy atom. The summed E-state index contributed by atoms with van der Waals surface area (Å²) in [6, 6.07) is 6.63. The molecule has 1 atom stereocenters. The zero-order valence-corrected chi connectivity index (χ0v) is 12.4. The number of carboxylic acids is 1. The number of aryl methyl sites for hydroxylation is 1. The van der Waals surface area contributed by atoms with Crippen LogP contribution >= 0.6 is 0 Å². The van der Waals surface area contributed by atoms with Crippen LogP contribution in [-0.2, 0) is 22.5 Å². The van der Waals surface area contributed by atoms with Crippen LogP contribution < -0.4 is 4.90 Å². The van der Waals surface area contributed by atoms with Crippen molar-refractivity contribution in [3.8, 4) is 0 Å². The van der Waals surface area contributed by atoms with Crippen LogP contribution in [0, 0.1) is 0 Å². The van der Waals surface area contributed by atoms with Crippen molar-refractivity contribution in [3.63, 3.8) is 0 Å². The van der Waals surface area contributed by atoms with E-state index in [0.717, 1.165) is 26.1 Å². The molecular weight excluding hydrogens is 268 g/mol. The summed E-state index contributed by atoms with van der Waals surface area (Å²) < 4.78 is 5.26. The van der Waals surface area contributed by atoms with Gasteiger partial charge in [0.15, 0.2) is 6.10 Å².